The first-order valence-electron chi connectivity index (χ1n) is 4.90. The van der Waals surface area contributed by atoms with Crippen LogP contribution in [0.2, 0.25) is 0 Å². The van der Waals surface area contributed by atoms with Gasteiger partial charge in [-0.25, -0.2) is 0 Å². The smallest absolute Gasteiger partial charge is 0.00581 e. The Hall–Kier alpha value is 0.270. The molecule has 0 heterocycles. The van der Waals surface area contributed by atoms with E-state index in [1.807, 2.05) is 11.8 Å². The number of nitrogens with two attached hydrogens (primary N) is 1. The minimum absolute atomic E-state index is 0.802. The molecule has 0 atom stereocenters. The quantitative estimate of drug-likeness (QED) is 0.541. The lowest BCUT2D eigenvalue weighted by Crippen LogP contribution is -2.20. The van der Waals surface area contributed by atoms with E-state index in [9.17, 15) is 0 Å². The molecular formula is C9H22N2S. The molecule has 0 rings (SSSR count). The summed E-state index contributed by atoms with van der Waals surface area (Å²) in [7, 11) is 0. The van der Waals surface area contributed by atoms with Gasteiger partial charge in [0.15, 0.2) is 0 Å². The van der Waals surface area contributed by atoms with Crippen LogP contribution in [0.15, 0.2) is 0 Å². The zero-order valence-corrected chi connectivity index (χ0v) is 8.96. The van der Waals surface area contributed by atoms with Gasteiger partial charge in [0.2, 0.25) is 0 Å². The Balaban J connectivity index is 2.73. The molecule has 0 unspecified atom stereocenters. The first-order chi connectivity index (χ1) is 5.91. The molecule has 0 aliphatic rings. The fourth-order valence-electron chi connectivity index (χ4n) is 0.845. The third-order valence-corrected chi connectivity index (χ3v) is 2.69. The molecule has 0 aliphatic heterocycles. The van der Waals surface area contributed by atoms with E-state index in [2.05, 4.69) is 12.2 Å². The van der Waals surface area contributed by atoms with Gasteiger partial charge in [0, 0.05) is 12.3 Å². The second-order valence-corrected chi connectivity index (χ2v) is 4.08. The van der Waals surface area contributed by atoms with E-state index in [1.165, 1.54) is 24.3 Å². The van der Waals surface area contributed by atoms with Gasteiger partial charge in [-0.3, -0.25) is 0 Å². The predicted octanol–water partition coefficient (Wildman–Crippen LogP) is 1.46. The lowest BCUT2D eigenvalue weighted by atomic mass is 10.4. The van der Waals surface area contributed by atoms with Crippen LogP contribution in [0.4, 0.5) is 0 Å². The van der Waals surface area contributed by atoms with Crippen LogP contribution < -0.4 is 11.1 Å². The van der Waals surface area contributed by atoms with Crippen LogP contribution in [0.1, 0.15) is 26.2 Å². The van der Waals surface area contributed by atoms with Gasteiger partial charge in [-0.2, -0.15) is 11.8 Å². The van der Waals surface area contributed by atoms with Crippen LogP contribution in [-0.4, -0.2) is 31.1 Å². The molecule has 0 radical (unpaired) electrons. The number of unbranched alkanes of at least 4 members (excludes halogenated alkanes) is 1. The molecule has 0 amide bonds. The van der Waals surface area contributed by atoms with Crippen LogP contribution in [0.5, 0.6) is 0 Å². The SMILES string of the molecule is CCCCSCCNCCCN. The first kappa shape index (κ1) is 12.3. The van der Waals surface area contributed by atoms with Gasteiger partial charge < -0.3 is 11.1 Å². The largest absolute Gasteiger partial charge is 0.330 e. The summed E-state index contributed by atoms with van der Waals surface area (Å²) in [4.78, 5) is 0. The van der Waals surface area contributed by atoms with E-state index in [0.717, 1.165) is 26.1 Å². The van der Waals surface area contributed by atoms with Gasteiger partial charge in [-0.1, -0.05) is 13.3 Å². The Kier molecular flexibility index (Phi) is 11.5. The maximum Gasteiger partial charge on any atom is 0.00581 e. The highest BCUT2D eigenvalue weighted by molar-refractivity contribution is 7.99. The second-order valence-electron chi connectivity index (χ2n) is 2.86. The van der Waals surface area contributed by atoms with Crippen molar-refractivity contribution >= 4 is 11.8 Å². The van der Waals surface area contributed by atoms with Gasteiger partial charge in [-0.15, -0.1) is 0 Å². The number of nitrogens with one attached hydrogen (secondary N) is 1. The maximum absolute atomic E-state index is 5.36. The lowest BCUT2D eigenvalue weighted by Gasteiger charge is -2.02. The van der Waals surface area contributed by atoms with E-state index < -0.39 is 0 Å². The van der Waals surface area contributed by atoms with Gasteiger partial charge in [0.05, 0.1) is 0 Å². The Morgan fingerprint density at radius 3 is 2.67 bits per heavy atom. The van der Waals surface area contributed by atoms with Gasteiger partial charge in [0.1, 0.15) is 0 Å². The van der Waals surface area contributed by atoms with Crippen molar-refractivity contribution in [1.29, 1.82) is 0 Å². The molecule has 0 fully saturated rings. The Morgan fingerprint density at radius 1 is 1.17 bits per heavy atom. The van der Waals surface area contributed by atoms with Gasteiger partial charge >= 0.3 is 0 Å². The van der Waals surface area contributed by atoms with Crippen molar-refractivity contribution in [3.8, 4) is 0 Å². The molecule has 0 saturated heterocycles. The molecule has 0 aromatic carbocycles. The Bertz CT molecular complexity index is 68.9. The second kappa shape index (κ2) is 11.3. The van der Waals surface area contributed by atoms with Crippen molar-refractivity contribution < 1.29 is 0 Å². The summed E-state index contributed by atoms with van der Waals surface area (Å²) in [5, 5.41) is 3.36. The summed E-state index contributed by atoms with van der Waals surface area (Å²) < 4.78 is 0. The molecule has 0 aliphatic carbocycles. The summed E-state index contributed by atoms with van der Waals surface area (Å²) >= 11 is 2.04. The van der Waals surface area contributed by atoms with Crippen LogP contribution in [0.25, 0.3) is 0 Å². The minimum atomic E-state index is 0.802. The average molecular weight is 190 g/mol. The standard InChI is InChI=1S/C9H22N2S/c1-2-3-8-12-9-7-11-6-4-5-10/h11H,2-10H2,1H3. The van der Waals surface area contributed by atoms with Crippen molar-refractivity contribution in [3.63, 3.8) is 0 Å². The minimum Gasteiger partial charge on any atom is -0.330 e. The fraction of sp³-hybridized carbons (Fsp3) is 1.00. The summed E-state index contributed by atoms with van der Waals surface area (Å²) in [6, 6.07) is 0. The molecular weight excluding hydrogens is 168 g/mol. The molecule has 3 heteroatoms. The Morgan fingerprint density at radius 2 is 2.00 bits per heavy atom. The molecule has 2 nitrogen and oxygen atoms in total. The van der Waals surface area contributed by atoms with Crippen molar-refractivity contribution in [2.75, 3.05) is 31.1 Å². The topological polar surface area (TPSA) is 38.0 Å². The summed E-state index contributed by atoms with van der Waals surface area (Å²) in [5.74, 6) is 2.56. The number of thioether (sulfide) groups is 1. The van der Waals surface area contributed by atoms with Gasteiger partial charge in [0.25, 0.3) is 0 Å². The molecule has 0 aromatic rings. The summed E-state index contributed by atoms with van der Waals surface area (Å²) in [5.41, 5.74) is 5.36. The predicted molar refractivity (Wildman–Crippen MR) is 58.8 cm³/mol. The third kappa shape index (κ3) is 10.3. The van der Waals surface area contributed by atoms with E-state index in [-0.39, 0.29) is 0 Å². The molecule has 12 heavy (non-hydrogen) atoms. The summed E-state index contributed by atoms with van der Waals surface area (Å²) in [6.45, 7) is 5.25. The normalized spacial score (nSPS) is 10.5. The van der Waals surface area contributed by atoms with Crippen LogP contribution in [0.3, 0.4) is 0 Å². The zero-order chi connectivity index (χ0) is 9.07. The monoisotopic (exact) mass is 190 g/mol. The third-order valence-electron chi connectivity index (χ3n) is 1.62. The highest BCUT2D eigenvalue weighted by Gasteiger charge is 1.88. The maximum atomic E-state index is 5.36. The molecule has 74 valence electrons. The van der Waals surface area contributed by atoms with Crippen molar-refractivity contribution in [3.05, 3.63) is 0 Å². The molecule has 0 bridgehead atoms. The number of hydrogen-bond donors (Lipinski definition) is 2. The van der Waals surface area contributed by atoms with E-state index in [4.69, 9.17) is 5.73 Å². The number of rotatable bonds is 9. The lowest BCUT2D eigenvalue weighted by molar-refractivity contribution is 0.682. The van der Waals surface area contributed by atoms with E-state index in [0.29, 0.717) is 0 Å². The highest BCUT2D eigenvalue weighted by Crippen LogP contribution is 2.02. The van der Waals surface area contributed by atoms with Crippen LogP contribution in [-0.2, 0) is 0 Å². The molecule has 0 saturated carbocycles. The van der Waals surface area contributed by atoms with Crippen LogP contribution in [0, 0.1) is 0 Å². The van der Waals surface area contributed by atoms with Crippen molar-refractivity contribution in [1.82, 2.24) is 5.32 Å². The Labute approximate surface area is 80.7 Å². The fourth-order valence-corrected chi connectivity index (χ4v) is 1.83. The molecule has 0 aromatic heterocycles. The zero-order valence-electron chi connectivity index (χ0n) is 8.14. The van der Waals surface area contributed by atoms with Gasteiger partial charge in [-0.05, 0) is 31.7 Å². The molecule has 0 spiro atoms. The van der Waals surface area contributed by atoms with Crippen molar-refractivity contribution in [2.45, 2.75) is 26.2 Å². The van der Waals surface area contributed by atoms with Crippen LogP contribution >= 0.6 is 11.8 Å². The average Bonchev–Trinajstić information content (AvgIpc) is 2.10. The first-order valence-corrected chi connectivity index (χ1v) is 6.05. The highest BCUT2D eigenvalue weighted by atomic mass is 32.2. The molecule has 3 N–H and O–H groups in total. The van der Waals surface area contributed by atoms with Crippen molar-refractivity contribution in [2.24, 2.45) is 5.73 Å². The van der Waals surface area contributed by atoms with E-state index in [1.54, 1.807) is 0 Å². The number of hydrogen-bond acceptors (Lipinski definition) is 3. The van der Waals surface area contributed by atoms with E-state index >= 15 is 0 Å². The summed E-state index contributed by atoms with van der Waals surface area (Å²) in [6.07, 6.45) is 3.76.